The van der Waals surface area contributed by atoms with Gasteiger partial charge in [-0.3, -0.25) is 4.79 Å². The van der Waals surface area contributed by atoms with Gasteiger partial charge in [-0.05, 0) is 37.3 Å². The Kier molecular flexibility index (Phi) is 6.01. The molecular weight excluding hydrogens is 258 g/mol. The molecule has 0 aliphatic rings. The van der Waals surface area contributed by atoms with Crippen molar-refractivity contribution in [2.24, 2.45) is 0 Å². The first-order chi connectivity index (χ1) is 10.2. The summed E-state index contributed by atoms with van der Waals surface area (Å²) in [5, 5.41) is 3.08. The normalized spacial score (nSPS) is 11.9. The minimum Gasteiger partial charge on any atom is -0.353 e. The first-order valence-electron chi connectivity index (χ1n) is 7.61. The molecule has 0 aliphatic heterocycles. The summed E-state index contributed by atoms with van der Waals surface area (Å²) >= 11 is 0. The van der Waals surface area contributed by atoms with E-state index in [0.717, 1.165) is 19.3 Å². The van der Waals surface area contributed by atoms with Crippen LogP contribution in [0.2, 0.25) is 0 Å². The number of hydrogen-bond donors (Lipinski definition) is 1. The van der Waals surface area contributed by atoms with Gasteiger partial charge in [0.1, 0.15) is 0 Å². The van der Waals surface area contributed by atoms with E-state index in [2.05, 4.69) is 36.5 Å². The molecule has 1 atom stereocenters. The fourth-order valence-electron chi connectivity index (χ4n) is 2.46. The molecule has 0 saturated carbocycles. The molecule has 0 heterocycles. The van der Waals surface area contributed by atoms with Gasteiger partial charge in [-0.15, -0.1) is 0 Å². The van der Waals surface area contributed by atoms with Gasteiger partial charge in [0, 0.05) is 12.5 Å². The zero-order chi connectivity index (χ0) is 14.9. The van der Waals surface area contributed by atoms with Crippen molar-refractivity contribution in [2.75, 3.05) is 0 Å². The molecule has 0 radical (unpaired) electrons. The van der Waals surface area contributed by atoms with Crippen LogP contribution in [0.1, 0.15) is 30.9 Å². The average Bonchev–Trinajstić information content (AvgIpc) is 2.49. The van der Waals surface area contributed by atoms with E-state index in [9.17, 15) is 4.79 Å². The largest absolute Gasteiger partial charge is 0.353 e. The van der Waals surface area contributed by atoms with Gasteiger partial charge < -0.3 is 5.32 Å². The highest BCUT2D eigenvalue weighted by atomic mass is 16.1. The summed E-state index contributed by atoms with van der Waals surface area (Å²) in [5.41, 5.74) is 2.55. The third kappa shape index (κ3) is 5.82. The van der Waals surface area contributed by atoms with Crippen molar-refractivity contribution in [3.8, 4) is 0 Å². The van der Waals surface area contributed by atoms with E-state index in [1.807, 2.05) is 36.4 Å². The third-order valence-corrected chi connectivity index (χ3v) is 3.50. The molecule has 2 nitrogen and oxygen atoms in total. The summed E-state index contributed by atoms with van der Waals surface area (Å²) < 4.78 is 0. The van der Waals surface area contributed by atoms with Crippen LogP contribution in [0.25, 0.3) is 0 Å². The van der Waals surface area contributed by atoms with Crippen molar-refractivity contribution in [3.05, 3.63) is 71.8 Å². The van der Waals surface area contributed by atoms with E-state index in [-0.39, 0.29) is 11.9 Å². The van der Waals surface area contributed by atoms with E-state index in [4.69, 9.17) is 0 Å². The molecule has 0 fully saturated rings. The van der Waals surface area contributed by atoms with Crippen LogP contribution in [-0.4, -0.2) is 11.9 Å². The molecule has 2 heteroatoms. The third-order valence-electron chi connectivity index (χ3n) is 3.50. The molecule has 0 saturated heterocycles. The first-order valence-corrected chi connectivity index (χ1v) is 7.61. The summed E-state index contributed by atoms with van der Waals surface area (Å²) in [5.74, 6) is 0.148. The number of hydrogen-bond acceptors (Lipinski definition) is 1. The molecule has 0 aliphatic carbocycles. The number of nitrogens with one attached hydrogen (secondary N) is 1. The SMILES string of the molecule is C[C@@H](Cc1ccccc1)NC(=O)CCCc1ccccc1. The zero-order valence-electron chi connectivity index (χ0n) is 12.6. The van der Waals surface area contributed by atoms with Gasteiger partial charge in [0.25, 0.3) is 0 Å². The fraction of sp³-hybridized carbons (Fsp3) is 0.316. The molecule has 2 aromatic rings. The Balaban J connectivity index is 1.67. The first kappa shape index (κ1) is 15.3. The van der Waals surface area contributed by atoms with Crippen LogP contribution in [-0.2, 0) is 17.6 Å². The molecule has 0 spiro atoms. The Morgan fingerprint density at radius 1 is 0.952 bits per heavy atom. The molecule has 1 amide bonds. The molecule has 2 aromatic carbocycles. The lowest BCUT2D eigenvalue weighted by atomic mass is 10.1. The maximum atomic E-state index is 11.9. The van der Waals surface area contributed by atoms with Crippen molar-refractivity contribution < 1.29 is 4.79 Å². The van der Waals surface area contributed by atoms with Crippen LogP contribution in [0.5, 0.6) is 0 Å². The summed E-state index contributed by atoms with van der Waals surface area (Å²) in [6.45, 7) is 2.06. The van der Waals surface area contributed by atoms with Crippen molar-refractivity contribution >= 4 is 5.91 Å². The fourth-order valence-corrected chi connectivity index (χ4v) is 2.46. The summed E-state index contributed by atoms with van der Waals surface area (Å²) in [7, 11) is 0. The van der Waals surface area contributed by atoms with Crippen LogP contribution in [0, 0.1) is 0 Å². The second-order valence-corrected chi connectivity index (χ2v) is 5.50. The van der Waals surface area contributed by atoms with Gasteiger partial charge in [0.05, 0.1) is 0 Å². The zero-order valence-corrected chi connectivity index (χ0v) is 12.6. The minimum atomic E-state index is 0.148. The van der Waals surface area contributed by atoms with E-state index >= 15 is 0 Å². The Hall–Kier alpha value is -2.09. The second-order valence-electron chi connectivity index (χ2n) is 5.50. The van der Waals surface area contributed by atoms with Crippen LogP contribution >= 0.6 is 0 Å². The molecule has 1 N–H and O–H groups in total. The summed E-state index contributed by atoms with van der Waals surface area (Å²) in [6, 6.07) is 20.7. The molecule has 2 rings (SSSR count). The van der Waals surface area contributed by atoms with Gasteiger partial charge in [-0.2, -0.15) is 0 Å². The smallest absolute Gasteiger partial charge is 0.220 e. The quantitative estimate of drug-likeness (QED) is 0.822. The van der Waals surface area contributed by atoms with Gasteiger partial charge in [0.15, 0.2) is 0 Å². The minimum absolute atomic E-state index is 0.148. The topological polar surface area (TPSA) is 29.1 Å². The highest BCUT2D eigenvalue weighted by Crippen LogP contribution is 2.06. The summed E-state index contributed by atoms with van der Waals surface area (Å²) in [4.78, 5) is 11.9. The Morgan fingerprint density at radius 3 is 2.14 bits per heavy atom. The summed E-state index contributed by atoms with van der Waals surface area (Å²) in [6.07, 6.45) is 3.33. The van der Waals surface area contributed by atoms with Gasteiger partial charge in [0.2, 0.25) is 5.91 Å². The molecular formula is C19H23NO. The van der Waals surface area contributed by atoms with Gasteiger partial charge in [-0.25, -0.2) is 0 Å². The number of carbonyl (C=O) groups is 1. The monoisotopic (exact) mass is 281 g/mol. The Bertz CT molecular complexity index is 536. The molecule has 0 bridgehead atoms. The van der Waals surface area contributed by atoms with Gasteiger partial charge in [-0.1, -0.05) is 60.7 Å². The molecule has 0 aromatic heterocycles. The van der Waals surface area contributed by atoms with Gasteiger partial charge >= 0.3 is 0 Å². The van der Waals surface area contributed by atoms with Crippen LogP contribution in [0.3, 0.4) is 0 Å². The predicted molar refractivity (Wildman–Crippen MR) is 87.1 cm³/mol. The second kappa shape index (κ2) is 8.25. The highest BCUT2D eigenvalue weighted by Gasteiger charge is 2.07. The number of aryl methyl sites for hydroxylation is 1. The van der Waals surface area contributed by atoms with Crippen molar-refractivity contribution in [2.45, 2.75) is 38.6 Å². The average molecular weight is 281 g/mol. The lowest BCUT2D eigenvalue weighted by Crippen LogP contribution is -2.33. The molecule has 0 unspecified atom stereocenters. The van der Waals surface area contributed by atoms with Crippen molar-refractivity contribution in [1.29, 1.82) is 0 Å². The van der Waals surface area contributed by atoms with E-state index in [1.165, 1.54) is 11.1 Å². The number of rotatable bonds is 7. The number of carbonyl (C=O) groups excluding carboxylic acids is 1. The number of benzene rings is 2. The highest BCUT2D eigenvalue weighted by molar-refractivity contribution is 5.76. The number of amides is 1. The van der Waals surface area contributed by atoms with E-state index < -0.39 is 0 Å². The maximum Gasteiger partial charge on any atom is 0.220 e. The lowest BCUT2D eigenvalue weighted by molar-refractivity contribution is -0.121. The Labute approximate surface area is 127 Å². The van der Waals surface area contributed by atoms with Crippen molar-refractivity contribution in [3.63, 3.8) is 0 Å². The van der Waals surface area contributed by atoms with E-state index in [0.29, 0.717) is 6.42 Å². The molecule has 110 valence electrons. The maximum absolute atomic E-state index is 11.9. The van der Waals surface area contributed by atoms with Crippen LogP contribution < -0.4 is 5.32 Å². The van der Waals surface area contributed by atoms with Crippen molar-refractivity contribution in [1.82, 2.24) is 5.32 Å². The predicted octanol–water partition coefficient (Wildman–Crippen LogP) is 3.76. The van der Waals surface area contributed by atoms with Crippen LogP contribution in [0.15, 0.2) is 60.7 Å². The van der Waals surface area contributed by atoms with Crippen LogP contribution in [0.4, 0.5) is 0 Å². The Morgan fingerprint density at radius 2 is 1.52 bits per heavy atom. The lowest BCUT2D eigenvalue weighted by Gasteiger charge is -2.14. The molecule has 21 heavy (non-hydrogen) atoms. The standard InChI is InChI=1S/C19H23NO/c1-16(15-18-11-6-3-7-12-18)20-19(21)14-8-13-17-9-4-2-5-10-17/h2-7,9-12,16H,8,13-15H2,1H3,(H,20,21)/t16-/m0/s1. The van der Waals surface area contributed by atoms with E-state index in [1.54, 1.807) is 0 Å².